The maximum Gasteiger partial charge on any atom is 0.270 e. The summed E-state index contributed by atoms with van der Waals surface area (Å²) in [7, 11) is 0. The highest BCUT2D eigenvalue weighted by atomic mass is 32.1. The summed E-state index contributed by atoms with van der Waals surface area (Å²) in [6, 6.07) is 7.27. The number of anilines is 3. The van der Waals surface area contributed by atoms with E-state index in [9.17, 15) is 9.90 Å². The van der Waals surface area contributed by atoms with Crippen molar-refractivity contribution >= 4 is 34.4 Å². The number of pyridine rings is 2. The molecular formula is C24H32N8O3S. The molecule has 192 valence electrons. The van der Waals surface area contributed by atoms with Crippen molar-refractivity contribution in [3.63, 3.8) is 0 Å². The molecule has 3 aromatic heterocycles. The van der Waals surface area contributed by atoms with E-state index in [0.29, 0.717) is 12.5 Å². The molecule has 1 aliphatic heterocycles. The summed E-state index contributed by atoms with van der Waals surface area (Å²) in [5.41, 5.74) is 13.3. The second kappa shape index (κ2) is 12.1. The number of amides is 1. The first-order chi connectivity index (χ1) is 17.4. The minimum atomic E-state index is -0.977. The number of carbonyl (C=O) groups excluding carboxylic acids is 1. The Morgan fingerprint density at radius 2 is 2.06 bits per heavy atom. The fourth-order valence-electron chi connectivity index (χ4n) is 3.99. The van der Waals surface area contributed by atoms with E-state index >= 15 is 0 Å². The summed E-state index contributed by atoms with van der Waals surface area (Å²) < 4.78 is 0. The van der Waals surface area contributed by atoms with E-state index in [2.05, 4.69) is 30.5 Å². The van der Waals surface area contributed by atoms with Crippen LogP contribution in [0.25, 0.3) is 10.7 Å². The van der Waals surface area contributed by atoms with Crippen molar-refractivity contribution in [2.24, 2.45) is 5.92 Å². The lowest BCUT2D eigenvalue weighted by molar-refractivity contribution is 0.0930. The molecule has 0 bridgehead atoms. The Bertz CT molecular complexity index is 1150. The van der Waals surface area contributed by atoms with Gasteiger partial charge in [-0.15, -0.1) is 11.3 Å². The zero-order valence-electron chi connectivity index (χ0n) is 19.9. The number of nitrogens with two attached hydrogens (primary N) is 2. The highest BCUT2D eigenvalue weighted by molar-refractivity contribution is 7.14. The zero-order chi connectivity index (χ0) is 25.5. The van der Waals surface area contributed by atoms with Gasteiger partial charge in [0, 0.05) is 36.9 Å². The van der Waals surface area contributed by atoms with Gasteiger partial charge in [0.15, 0.2) is 5.82 Å². The number of nitrogens with zero attached hydrogens (tertiary/aromatic N) is 4. The van der Waals surface area contributed by atoms with Gasteiger partial charge in [-0.25, -0.2) is 9.97 Å². The molecule has 1 fully saturated rings. The van der Waals surface area contributed by atoms with Gasteiger partial charge < -0.3 is 32.3 Å². The lowest BCUT2D eigenvalue weighted by Crippen LogP contribution is -2.38. The summed E-state index contributed by atoms with van der Waals surface area (Å²) in [5, 5.41) is 25.2. The number of carbonyl (C=O) groups is 1. The molecule has 11 nitrogen and oxygen atoms in total. The number of aromatic nitrogens is 3. The highest BCUT2D eigenvalue weighted by Crippen LogP contribution is 2.26. The molecule has 0 aromatic carbocycles. The van der Waals surface area contributed by atoms with E-state index < -0.39 is 12.7 Å². The predicted molar refractivity (Wildman–Crippen MR) is 140 cm³/mol. The molecule has 1 atom stereocenters. The van der Waals surface area contributed by atoms with Gasteiger partial charge in [-0.1, -0.05) is 6.07 Å². The highest BCUT2D eigenvalue weighted by Gasteiger charge is 2.22. The molecule has 0 spiro atoms. The topological polar surface area (TPSA) is 176 Å². The van der Waals surface area contributed by atoms with Gasteiger partial charge in [-0.05, 0) is 50.0 Å². The van der Waals surface area contributed by atoms with Gasteiger partial charge in [0.1, 0.15) is 10.7 Å². The number of aliphatic hydroxyl groups excluding tert-OH is 2. The summed E-state index contributed by atoms with van der Waals surface area (Å²) in [6.45, 7) is 2.94. The Hall–Kier alpha value is -3.32. The van der Waals surface area contributed by atoms with Crippen molar-refractivity contribution in [2.45, 2.75) is 25.5 Å². The molecule has 4 rings (SSSR count). The Morgan fingerprint density at radius 3 is 2.78 bits per heavy atom. The largest absolute Gasteiger partial charge is 0.397 e. The van der Waals surface area contributed by atoms with Crippen LogP contribution in [0.15, 0.2) is 36.7 Å². The molecule has 1 saturated heterocycles. The van der Waals surface area contributed by atoms with E-state index in [0.717, 1.165) is 43.2 Å². The van der Waals surface area contributed by atoms with Gasteiger partial charge in [0.25, 0.3) is 5.91 Å². The summed E-state index contributed by atoms with van der Waals surface area (Å²) >= 11 is 1.67. The minimum Gasteiger partial charge on any atom is -0.397 e. The standard InChI is InChI=1S/C24H32N8O3S/c25-18-9-20(31-22(21(18)26)28-11-16(34)14-33)23(35)29-10-15-4-7-32(8-5-15)13-17-12-30-24(36-17)19-3-1-2-6-27-19/h1-3,6,9,12,15-16,33-34H,4-5,7-8,10-11,13-14,26H2,(H,29,35)(H3,25,28,31)/t16-/m0/s1. The third kappa shape index (κ3) is 6.66. The number of likely N-dealkylation sites (tertiary alicyclic amines) is 1. The zero-order valence-corrected chi connectivity index (χ0v) is 20.7. The molecule has 3 aromatic rings. The summed E-state index contributed by atoms with van der Waals surface area (Å²) in [5.74, 6) is 0.246. The average molecular weight is 513 g/mol. The fourth-order valence-corrected chi connectivity index (χ4v) is 4.92. The Labute approximate surface area is 213 Å². The Kier molecular flexibility index (Phi) is 8.65. The number of hydrogen-bond donors (Lipinski definition) is 6. The van der Waals surface area contributed by atoms with Crippen molar-refractivity contribution in [1.29, 1.82) is 0 Å². The summed E-state index contributed by atoms with van der Waals surface area (Å²) in [6.07, 6.45) is 4.69. The van der Waals surface area contributed by atoms with E-state index in [1.165, 1.54) is 10.9 Å². The molecule has 1 aliphatic rings. The molecule has 8 N–H and O–H groups in total. The van der Waals surface area contributed by atoms with E-state index in [-0.39, 0.29) is 35.3 Å². The Balaban J connectivity index is 1.24. The first kappa shape index (κ1) is 25.8. The number of thiazole rings is 1. The fraction of sp³-hybridized carbons (Fsp3) is 0.417. The molecule has 0 radical (unpaired) electrons. The van der Waals surface area contributed by atoms with Crippen molar-refractivity contribution < 1.29 is 15.0 Å². The van der Waals surface area contributed by atoms with Gasteiger partial charge in [0.2, 0.25) is 0 Å². The molecular weight excluding hydrogens is 480 g/mol. The van der Waals surface area contributed by atoms with Crippen molar-refractivity contribution in [2.75, 3.05) is 49.6 Å². The lowest BCUT2D eigenvalue weighted by atomic mass is 9.96. The number of rotatable bonds is 10. The van der Waals surface area contributed by atoms with Crippen LogP contribution in [-0.2, 0) is 6.54 Å². The second-order valence-electron chi connectivity index (χ2n) is 8.85. The number of hydrogen-bond acceptors (Lipinski definition) is 11. The van der Waals surface area contributed by atoms with Crippen molar-refractivity contribution in [3.05, 3.63) is 47.2 Å². The third-order valence-electron chi connectivity index (χ3n) is 6.11. The van der Waals surface area contributed by atoms with Gasteiger partial charge >= 0.3 is 0 Å². The second-order valence-corrected chi connectivity index (χ2v) is 9.97. The molecule has 12 heteroatoms. The van der Waals surface area contributed by atoms with Crippen LogP contribution in [0.4, 0.5) is 17.2 Å². The van der Waals surface area contributed by atoms with Crippen LogP contribution < -0.4 is 22.1 Å². The molecule has 0 saturated carbocycles. The van der Waals surface area contributed by atoms with Gasteiger partial charge in [-0.2, -0.15) is 0 Å². The van der Waals surface area contributed by atoms with E-state index in [1.807, 2.05) is 24.4 Å². The number of nitrogens with one attached hydrogen (secondary N) is 2. The maximum atomic E-state index is 12.7. The van der Waals surface area contributed by atoms with Crippen LogP contribution >= 0.6 is 11.3 Å². The van der Waals surface area contributed by atoms with Crippen molar-refractivity contribution in [3.8, 4) is 10.7 Å². The SMILES string of the molecule is Nc1cc(C(=O)NCC2CCN(Cc3cnc(-c4ccccn4)s3)CC2)nc(NC[C@H](O)CO)c1N. The van der Waals surface area contributed by atoms with Crippen LogP contribution in [0.1, 0.15) is 28.2 Å². The molecule has 1 amide bonds. The average Bonchev–Trinajstić information content (AvgIpc) is 3.37. The number of nitrogen functional groups attached to an aromatic ring is 2. The first-order valence-electron chi connectivity index (χ1n) is 11.9. The quantitative estimate of drug-likeness (QED) is 0.231. The van der Waals surface area contributed by atoms with Crippen LogP contribution in [0.2, 0.25) is 0 Å². The number of piperidine rings is 1. The molecule has 0 unspecified atom stereocenters. The molecule has 4 heterocycles. The molecule has 36 heavy (non-hydrogen) atoms. The predicted octanol–water partition coefficient (Wildman–Crippen LogP) is 1.17. The summed E-state index contributed by atoms with van der Waals surface area (Å²) in [4.78, 5) is 29.5. The number of aliphatic hydroxyl groups is 2. The Morgan fingerprint density at radius 1 is 1.25 bits per heavy atom. The lowest BCUT2D eigenvalue weighted by Gasteiger charge is -2.31. The van der Waals surface area contributed by atoms with Crippen LogP contribution in [-0.4, -0.2) is 74.9 Å². The van der Waals surface area contributed by atoms with Crippen LogP contribution in [0.5, 0.6) is 0 Å². The normalized spacial score (nSPS) is 15.5. The smallest absolute Gasteiger partial charge is 0.270 e. The van der Waals surface area contributed by atoms with E-state index in [1.54, 1.807) is 17.5 Å². The third-order valence-corrected chi connectivity index (χ3v) is 7.12. The van der Waals surface area contributed by atoms with Gasteiger partial charge in [0.05, 0.1) is 29.8 Å². The monoisotopic (exact) mass is 512 g/mol. The maximum absolute atomic E-state index is 12.7. The molecule has 0 aliphatic carbocycles. The van der Waals surface area contributed by atoms with Gasteiger partial charge in [-0.3, -0.25) is 14.7 Å². The first-order valence-corrected chi connectivity index (χ1v) is 12.7. The van der Waals surface area contributed by atoms with E-state index in [4.69, 9.17) is 16.6 Å². The van der Waals surface area contributed by atoms with Crippen molar-refractivity contribution in [1.82, 2.24) is 25.2 Å². The minimum absolute atomic E-state index is 0.0305. The van der Waals surface area contributed by atoms with Crippen LogP contribution in [0, 0.1) is 5.92 Å². The van der Waals surface area contributed by atoms with Crippen LogP contribution in [0.3, 0.4) is 0 Å².